The average Bonchev–Trinajstić information content (AvgIpc) is 2.73. The SMILES string of the molecule is CCCC1CCCN(C(=O)c2cccc(NN)n2)CC1. The third-order valence-electron chi connectivity index (χ3n) is 3.95. The van der Waals surface area contributed by atoms with Crippen LogP contribution in [0.2, 0.25) is 0 Å². The molecule has 0 spiro atoms. The van der Waals surface area contributed by atoms with Crippen LogP contribution in [0.5, 0.6) is 0 Å². The van der Waals surface area contributed by atoms with Gasteiger partial charge in [-0.2, -0.15) is 0 Å². The van der Waals surface area contributed by atoms with Crippen LogP contribution in [0.15, 0.2) is 18.2 Å². The molecule has 0 radical (unpaired) electrons. The predicted molar refractivity (Wildman–Crippen MR) is 80.2 cm³/mol. The highest BCUT2D eigenvalue weighted by molar-refractivity contribution is 5.92. The zero-order valence-corrected chi connectivity index (χ0v) is 12.1. The molecule has 0 aromatic carbocycles. The standard InChI is InChI=1S/C15H24N4O/c1-2-5-12-6-4-10-19(11-9-12)15(20)13-7-3-8-14(17-13)18-16/h3,7-8,12H,2,4-6,9-11,16H2,1H3,(H,17,18). The van der Waals surface area contributed by atoms with E-state index in [4.69, 9.17) is 5.84 Å². The van der Waals surface area contributed by atoms with Crippen molar-refractivity contribution in [3.63, 3.8) is 0 Å². The van der Waals surface area contributed by atoms with E-state index >= 15 is 0 Å². The Bertz CT molecular complexity index is 449. The first-order valence-electron chi connectivity index (χ1n) is 7.47. The summed E-state index contributed by atoms with van der Waals surface area (Å²) in [6.45, 7) is 3.90. The Morgan fingerprint density at radius 2 is 2.30 bits per heavy atom. The summed E-state index contributed by atoms with van der Waals surface area (Å²) in [5.74, 6) is 6.64. The number of hydrazine groups is 1. The van der Waals surface area contributed by atoms with Crippen molar-refractivity contribution >= 4 is 11.7 Å². The minimum Gasteiger partial charge on any atom is -0.337 e. The quantitative estimate of drug-likeness (QED) is 0.654. The molecule has 5 heteroatoms. The second-order valence-electron chi connectivity index (χ2n) is 5.43. The Kier molecular flexibility index (Phi) is 5.35. The summed E-state index contributed by atoms with van der Waals surface area (Å²) in [6, 6.07) is 5.29. The zero-order chi connectivity index (χ0) is 14.4. The van der Waals surface area contributed by atoms with Crippen molar-refractivity contribution in [3.8, 4) is 0 Å². The van der Waals surface area contributed by atoms with Crippen LogP contribution in [-0.2, 0) is 0 Å². The van der Waals surface area contributed by atoms with Gasteiger partial charge in [0.25, 0.3) is 5.91 Å². The molecule has 1 aliphatic heterocycles. The highest BCUT2D eigenvalue weighted by Crippen LogP contribution is 2.22. The van der Waals surface area contributed by atoms with Crippen molar-refractivity contribution in [2.24, 2.45) is 11.8 Å². The summed E-state index contributed by atoms with van der Waals surface area (Å²) >= 11 is 0. The van der Waals surface area contributed by atoms with Crippen LogP contribution in [0.3, 0.4) is 0 Å². The molecular weight excluding hydrogens is 252 g/mol. The Morgan fingerprint density at radius 1 is 1.45 bits per heavy atom. The van der Waals surface area contributed by atoms with Crippen LogP contribution >= 0.6 is 0 Å². The summed E-state index contributed by atoms with van der Waals surface area (Å²) in [7, 11) is 0. The molecule has 1 saturated heterocycles. The molecule has 3 N–H and O–H groups in total. The van der Waals surface area contributed by atoms with Gasteiger partial charge in [0.2, 0.25) is 0 Å². The number of rotatable bonds is 4. The third-order valence-corrected chi connectivity index (χ3v) is 3.95. The average molecular weight is 276 g/mol. The maximum Gasteiger partial charge on any atom is 0.272 e. The maximum absolute atomic E-state index is 12.5. The second-order valence-corrected chi connectivity index (χ2v) is 5.43. The van der Waals surface area contributed by atoms with Crippen molar-refractivity contribution < 1.29 is 4.79 Å². The van der Waals surface area contributed by atoms with Gasteiger partial charge >= 0.3 is 0 Å². The number of nitrogens with zero attached hydrogens (tertiary/aromatic N) is 2. The van der Waals surface area contributed by atoms with Crippen molar-refractivity contribution in [2.75, 3.05) is 18.5 Å². The number of likely N-dealkylation sites (tertiary alicyclic amines) is 1. The highest BCUT2D eigenvalue weighted by atomic mass is 16.2. The fraction of sp³-hybridized carbons (Fsp3) is 0.600. The predicted octanol–water partition coefficient (Wildman–Crippen LogP) is 2.41. The Balaban J connectivity index is 2.01. The number of nitrogens with one attached hydrogen (secondary N) is 1. The fourth-order valence-corrected chi connectivity index (χ4v) is 2.86. The highest BCUT2D eigenvalue weighted by Gasteiger charge is 2.22. The van der Waals surface area contributed by atoms with Gasteiger partial charge < -0.3 is 10.3 Å². The molecule has 5 nitrogen and oxygen atoms in total. The minimum atomic E-state index is 0.0132. The van der Waals surface area contributed by atoms with Gasteiger partial charge in [0.05, 0.1) is 0 Å². The van der Waals surface area contributed by atoms with E-state index in [9.17, 15) is 4.79 Å². The number of hydrogen-bond acceptors (Lipinski definition) is 4. The molecule has 110 valence electrons. The summed E-state index contributed by atoms with van der Waals surface area (Å²) in [6.07, 6.45) is 5.92. The molecule has 1 atom stereocenters. The first-order chi connectivity index (χ1) is 9.74. The number of nitrogens with two attached hydrogens (primary N) is 1. The fourth-order valence-electron chi connectivity index (χ4n) is 2.86. The number of pyridine rings is 1. The van der Waals surface area contributed by atoms with Crippen LogP contribution in [0.4, 0.5) is 5.82 Å². The molecule has 1 aromatic heterocycles. The van der Waals surface area contributed by atoms with Crippen LogP contribution in [0.1, 0.15) is 49.5 Å². The molecule has 2 heterocycles. The lowest BCUT2D eigenvalue weighted by molar-refractivity contribution is 0.0754. The van der Waals surface area contributed by atoms with E-state index in [1.54, 1.807) is 18.2 Å². The monoisotopic (exact) mass is 276 g/mol. The zero-order valence-electron chi connectivity index (χ0n) is 12.1. The molecule has 0 aliphatic carbocycles. The molecule has 1 aliphatic rings. The maximum atomic E-state index is 12.5. The van der Waals surface area contributed by atoms with Gasteiger partial charge in [-0.1, -0.05) is 25.8 Å². The molecule has 0 bridgehead atoms. The van der Waals surface area contributed by atoms with Gasteiger partial charge in [0.15, 0.2) is 0 Å². The molecule has 0 saturated carbocycles. The lowest BCUT2D eigenvalue weighted by atomic mass is 9.96. The van der Waals surface area contributed by atoms with Crippen LogP contribution < -0.4 is 11.3 Å². The summed E-state index contributed by atoms with van der Waals surface area (Å²) < 4.78 is 0. The Labute approximate surface area is 120 Å². The van der Waals surface area contributed by atoms with Gasteiger partial charge in [0.1, 0.15) is 11.5 Å². The van der Waals surface area contributed by atoms with Crippen molar-refractivity contribution in [2.45, 2.75) is 39.0 Å². The first-order valence-corrected chi connectivity index (χ1v) is 7.47. The number of carbonyl (C=O) groups is 1. The number of amides is 1. The van der Waals surface area contributed by atoms with Gasteiger partial charge in [0, 0.05) is 13.1 Å². The van der Waals surface area contributed by atoms with Gasteiger partial charge in [-0.15, -0.1) is 0 Å². The van der Waals surface area contributed by atoms with Gasteiger partial charge in [-0.25, -0.2) is 10.8 Å². The largest absolute Gasteiger partial charge is 0.337 e. The Morgan fingerprint density at radius 3 is 3.05 bits per heavy atom. The van der Waals surface area contributed by atoms with E-state index < -0.39 is 0 Å². The van der Waals surface area contributed by atoms with Crippen molar-refractivity contribution in [3.05, 3.63) is 23.9 Å². The third kappa shape index (κ3) is 3.70. The smallest absolute Gasteiger partial charge is 0.272 e. The first kappa shape index (κ1) is 14.8. The molecular formula is C15H24N4O. The molecule has 2 rings (SSSR count). The molecule has 1 aromatic rings. The second kappa shape index (κ2) is 7.24. The van der Waals surface area contributed by atoms with E-state index in [1.807, 2.05) is 4.90 Å². The van der Waals surface area contributed by atoms with E-state index in [2.05, 4.69) is 17.3 Å². The summed E-state index contributed by atoms with van der Waals surface area (Å²) in [4.78, 5) is 18.6. The van der Waals surface area contributed by atoms with Gasteiger partial charge in [-0.3, -0.25) is 4.79 Å². The van der Waals surface area contributed by atoms with E-state index in [-0.39, 0.29) is 5.91 Å². The van der Waals surface area contributed by atoms with Crippen LogP contribution in [0.25, 0.3) is 0 Å². The number of nitrogen functional groups attached to an aromatic ring is 1. The molecule has 20 heavy (non-hydrogen) atoms. The van der Waals surface area contributed by atoms with Crippen LogP contribution in [-0.4, -0.2) is 28.9 Å². The lowest BCUT2D eigenvalue weighted by Gasteiger charge is -2.20. The van der Waals surface area contributed by atoms with E-state index in [0.717, 1.165) is 31.8 Å². The molecule has 1 fully saturated rings. The van der Waals surface area contributed by atoms with Gasteiger partial charge in [-0.05, 0) is 37.3 Å². The van der Waals surface area contributed by atoms with Crippen molar-refractivity contribution in [1.82, 2.24) is 9.88 Å². The molecule has 1 unspecified atom stereocenters. The normalized spacial score (nSPS) is 19.5. The van der Waals surface area contributed by atoms with E-state index in [0.29, 0.717) is 11.5 Å². The van der Waals surface area contributed by atoms with Crippen LogP contribution in [0, 0.1) is 5.92 Å². The minimum absolute atomic E-state index is 0.0132. The molecule has 1 amide bonds. The topological polar surface area (TPSA) is 71.2 Å². The number of hydrogen-bond donors (Lipinski definition) is 2. The lowest BCUT2D eigenvalue weighted by Crippen LogP contribution is -2.32. The van der Waals surface area contributed by atoms with E-state index in [1.165, 1.54) is 19.3 Å². The Hall–Kier alpha value is -1.62. The number of carbonyl (C=O) groups excluding carboxylic acids is 1. The summed E-state index contributed by atoms with van der Waals surface area (Å²) in [5, 5.41) is 0. The number of aromatic nitrogens is 1. The van der Waals surface area contributed by atoms with Crippen molar-refractivity contribution in [1.29, 1.82) is 0 Å². The summed E-state index contributed by atoms with van der Waals surface area (Å²) in [5.41, 5.74) is 2.95. The number of anilines is 1.